The number of aryl methyl sites for hydroxylation is 1. The highest BCUT2D eigenvalue weighted by Gasteiger charge is 2.04. The normalized spacial score (nSPS) is 12.1. The molecule has 2 N–H and O–H groups in total. The molecule has 5 heteroatoms. The number of H-pyrrole nitrogens is 1. The summed E-state index contributed by atoms with van der Waals surface area (Å²) in [6.07, 6.45) is 3.43. The number of aromatic nitrogens is 1. The van der Waals surface area contributed by atoms with Gasteiger partial charge in [0.1, 0.15) is 5.75 Å². The van der Waals surface area contributed by atoms with Crippen LogP contribution in [-0.2, 0) is 6.42 Å². The van der Waals surface area contributed by atoms with E-state index in [1.807, 2.05) is 53.9 Å². The van der Waals surface area contributed by atoms with Crippen LogP contribution in [0.5, 0.6) is 5.75 Å². The van der Waals surface area contributed by atoms with Gasteiger partial charge >= 0.3 is 0 Å². The molecule has 0 amide bonds. The Bertz CT molecular complexity index is 894. The molecule has 0 unspecified atom stereocenters. The van der Waals surface area contributed by atoms with Crippen LogP contribution >= 0.6 is 11.3 Å². The van der Waals surface area contributed by atoms with Crippen LogP contribution in [0.15, 0.2) is 64.1 Å². The van der Waals surface area contributed by atoms with Crippen LogP contribution in [0.3, 0.4) is 0 Å². The third-order valence-electron chi connectivity index (χ3n) is 3.63. The molecule has 0 bridgehead atoms. The molecule has 0 spiro atoms. The zero-order chi connectivity index (χ0) is 16.8. The Hall–Kier alpha value is -2.66. The maximum atomic E-state index is 10.2. The van der Waals surface area contributed by atoms with E-state index < -0.39 is 0 Å². The fourth-order valence-electron chi connectivity index (χ4n) is 2.43. The molecule has 24 heavy (non-hydrogen) atoms. The SMILES string of the molecule is CCCc1cccc(/C=N/N=c2/[nH]c(-c3ccccc3)cs2)c1O. The third kappa shape index (κ3) is 3.81. The zero-order valence-electron chi connectivity index (χ0n) is 13.4. The Labute approximate surface area is 144 Å². The summed E-state index contributed by atoms with van der Waals surface area (Å²) in [5.74, 6) is 0.290. The first-order valence-electron chi connectivity index (χ1n) is 7.89. The molecule has 0 aliphatic heterocycles. The highest BCUT2D eigenvalue weighted by molar-refractivity contribution is 7.07. The number of nitrogens with zero attached hydrogens (tertiary/aromatic N) is 2. The summed E-state index contributed by atoms with van der Waals surface area (Å²) >= 11 is 1.50. The summed E-state index contributed by atoms with van der Waals surface area (Å²) in [6.45, 7) is 2.09. The molecule has 3 aromatic rings. The topological polar surface area (TPSA) is 60.7 Å². The van der Waals surface area contributed by atoms with E-state index in [2.05, 4.69) is 22.1 Å². The van der Waals surface area contributed by atoms with Crippen LogP contribution in [-0.4, -0.2) is 16.3 Å². The minimum Gasteiger partial charge on any atom is -0.507 e. The molecule has 0 saturated carbocycles. The van der Waals surface area contributed by atoms with E-state index >= 15 is 0 Å². The first-order valence-corrected chi connectivity index (χ1v) is 8.77. The molecule has 0 saturated heterocycles. The van der Waals surface area contributed by atoms with Crippen molar-refractivity contribution in [2.24, 2.45) is 10.2 Å². The lowest BCUT2D eigenvalue weighted by atomic mass is 10.1. The quantitative estimate of drug-likeness (QED) is 0.528. The smallest absolute Gasteiger partial charge is 0.208 e. The minimum absolute atomic E-state index is 0.290. The van der Waals surface area contributed by atoms with Gasteiger partial charge in [-0.15, -0.1) is 16.4 Å². The number of phenolic OH excluding ortho intramolecular Hbond substituents is 1. The second-order valence-corrected chi connectivity index (χ2v) is 6.25. The van der Waals surface area contributed by atoms with Gasteiger partial charge in [-0.25, -0.2) is 0 Å². The fraction of sp³-hybridized carbons (Fsp3) is 0.158. The van der Waals surface area contributed by atoms with Gasteiger partial charge in [-0.3, -0.25) is 0 Å². The number of phenols is 1. The number of para-hydroxylation sites is 1. The lowest BCUT2D eigenvalue weighted by Crippen LogP contribution is -1.96. The first kappa shape index (κ1) is 16.2. The average molecular weight is 337 g/mol. The second-order valence-electron chi connectivity index (χ2n) is 5.40. The van der Waals surface area contributed by atoms with Gasteiger partial charge in [0.25, 0.3) is 0 Å². The molecule has 0 radical (unpaired) electrons. The number of rotatable bonds is 5. The van der Waals surface area contributed by atoms with Crippen molar-refractivity contribution in [3.05, 3.63) is 69.8 Å². The van der Waals surface area contributed by atoms with Gasteiger partial charge in [0, 0.05) is 10.9 Å². The summed E-state index contributed by atoms with van der Waals surface area (Å²) in [4.78, 5) is 3.95. The van der Waals surface area contributed by atoms with Crippen LogP contribution in [0.1, 0.15) is 24.5 Å². The predicted octanol–water partition coefficient (Wildman–Crippen LogP) is 4.34. The molecular weight excluding hydrogens is 318 g/mol. The van der Waals surface area contributed by atoms with E-state index in [1.165, 1.54) is 11.3 Å². The Morgan fingerprint density at radius 1 is 1.12 bits per heavy atom. The van der Waals surface area contributed by atoms with E-state index in [9.17, 15) is 5.11 Å². The second kappa shape index (κ2) is 7.75. The van der Waals surface area contributed by atoms with Crippen molar-refractivity contribution in [2.75, 3.05) is 0 Å². The number of aromatic amines is 1. The number of benzene rings is 2. The molecule has 1 aromatic heterocycles. The molecule has 0 atom stereocenters. The van der Waals surface area contributed by atoms with Crippen molar-refractivity contribution < 1.29 is 5.11 Å². The molecule has 3 rings (SSSR count). The van der Waals surface area contributed by atoms with Crippen LogP contribution in [0.2, 0.25) is 0 Å². The maximum absolute atomic E-state index is 10.2. The van der Waals surface area contributed by atoms with Crippen molar-refractivity contribution in [2.45, 2.75) is 19.8 Å². The van der Waals surface area contributed by atoms with Gasteiger partial charge in [0.05, 0.1) is 11.9 Å². The highest BCUT2D eigenvalue weighted by Crippen LogP contribution is 2.22. The van der Waals surface area contributed by atoms with Crippen molar-refractivity contribution >= 4 is 17.6 Å². The van der Waals surface area contributed by atoms with Crippen LogP contribution in [0.25, 0.3) is 11.3 Å². The molecule has 2 aromatic carbocycles. The third-order valence-corrected chi connectivity index (χ3v) is 4.39. The molecule has 0 aliphatic carbocycles. The molecular formula is C19H19N3OS. The van der Waals surface area contributed by atoms with Gasteiger partial charge < -0.3 is 10.1 Å². The van der Waals surface area contributed by atoms with Gasteiger partial charge in [-0.1, -0.05) is 55.8 Å². The maximum Gasteiger partial charge on any atom is 0.208 e. The van der Waals surface area contributed by atoms with E-state index in [-0.39, 0.29) is 0 Å². The molecule has 4 nitrogen and oxygen atoms in total. The Morgan fingerprint density at radius 3 is 2.75 bits per heavy atom. The van der Waals surface area contributed by atoms with Crippen molar-refractivity contribution in [3.63, 3.8) is 0 Å². The van der Waals surface area contributed by atoms with Crippen molar-refractivity contribution in [1.29, 1.82) is 0 Å². The molecule has 122 valence electrons. The molecule has 0 fully saturated rings. The van der Waals surface area contributed by atoms with Crippen LogP contribution in [0.4, 0.5) is 0 Å². The first-order chi connectivity index (χ1) is 11.8. The number of hydrogen-bond donors (Lipinski definition) is 2. The van der Waals surface area contributed by atoms with Crippen LogP contribution < -0.4 is 4.80 Å². The summed E-state index contributed by atoms with van der Waals surface area (Å²) < 4.78 is 0. The summed E-state index contributed by atoms with van der Waals surface area (Å²) in [5.41, 5.74) is 3.76. The largest absolute Gasteiger partial charge is 0.507 e. The average Bonchev–Trinajstić information content (AvgIpc) is 3.08. The fourth-order valence-corrected chi connectivity index (χ4v) is 3.11. The standard InChI is InChI=1S/C19H19N3OS/c1-2-7-15-10-6-11-16(18(15)23)12-20-22-19-21-17(13-24-19)14-8-4-3-5-9-14/h3-6,8-13,23H,2,7H2,1H3,(H,21,22)/b20-12+. The Kier molecular flexibility index (Phi) is 5.23. The van der Waals surface area contributed by atoms with Gasteiger partial charge in [0.15, 0.2) is 0 Å². The number of nitrogens with one attached hydrogen (secondary N) is 1. The summed E-state index contributed by atoms with van der Waals surface area (Å²) in [7, 11) is 0. The zero-order valence-corrected chi connectivity index (χ0v) is 14.3. The number of hydrogen-bond acceptors (Lipinski definition) is 4. The Balaban J connectivity index is 1.80. The summed E-state index contributed by atoms with van der Waals surface area (Å²) in [6, 6.07) is 15.8. The van der Waals surface area contributed by atoms with Crippen molar-refractivity contribution in [3.8, 4) is 17.0 Å². The predicted molar refractivity (Wildman–Crippen MR) is 99.4 cm³/mol. The van der Waals surface area contributed by atoms with Crippen LogP contribution in [0, 0.1) is 0 Å². The lowest BCUT2D eigenvalue weighted by Gasteiger charge is -2.04. The van der Waals surface area contributed by atoms with E-state index in [1.54, 1.807) is 6.21 Å². The Morgan fingerprint density at radius 2 is 1.96 bits per heavy atom. The van der Waals surface area contributed by atoms with Gasteiger partial charge in [-0.2, -0.15) is 5.10 Å². The minimum atomic E-state index is 0.290. The van der Waals surface area contributed by atoms with E-state index in [0.29, 0.717) is 16.1 Å². The highest BCUT2D eigenvalue weighted by atomic mass is 32.1. The number of thiazole rings is 1. The van der Waals surface area contributed by atoms with E-state index in [0.717, 1.165) is 29.7 Å². The number of aromatic hydroxyl groups is 1. The summed E-state index contributed by atoms with van der Waals surface area (Å²) in [5, 5.41) is 20.5. The van der Waals surface area contributed by atoms with Gasteiger partial charge in [-0.05, 0) is 23.6 Å². The van der Waals surface area contributed by atoms with E-state index in [4.69, 9.17) is 0 Å². The monoisotopic (exact) mass is 337 g/mol. The van der Waals surface area contributed by atoms with Gasteiger partial charge in [0.2, 0.25) is 4.80 Å². The molecule has 0 aliphatic rings. The molecule has 1 heterocycles. The van der Waals surface area contributed by atoms with Crippen molar-refractivity contribution in [1.82, 2.24) is 4.98 Å². The lowest BCUT2D eigenvalue weighted by molar-refractivity contribution is 0.467.